The van der Waals surface area contributed by atoms with Crippen LogP contribution in [0.2, 0.25) is 0 Å². The summed E-state index contributed by atoms with van der Waals surface area (Å²) < 4.78 is 16.6. The van der Waals surface area contributed by atoms with Gasteiger partial charge in [-0.15, -0.1) is 0 Å². The second kappa shape index (κ2) is 41.6. The van der Waals surface area contributed by atoms with E-state index >= 15 is 0 Å². The lowest BCUT2D eigenvalue weighted by molar-refractivity contribution is -0.167. The van der Waals surface area contributed by atoms with Crippen molar-refractivity contribution in [1.29, 1.82) is 0 Å². The second-order valence-corrected chi connectivity index (χ2v) is 16.3. The van der Waals surface area contributed by atoms with E-state index in [0.29, 0.717) is 19.3 Å². The highest BCUT2D eigenvalue weighted by Gasteiger charge is 2.19. The van der Waals surface area contributed by atoms with E-state index in [0.717, 1.165) is 70.1 Å². The van der Waals surface area contributed by atoms with Gasteiger partial charge in [-0.05, 0) is 25.2 Å². The number of hydrogen-bond donors (Lipinski definition) is 0. The Morgan fingerprint density at radius 3 is 0.981 bits per heavy atom. The van der Waals surface area contributed by atoms with Crippen LogP contribution >= 0.6 is 0 Å². The van der Waals surface area contributed by atoms with E-state index in [2.05, 4.69) is 27.7 Å². The fraction of sp³-hybridized carbons (Fsp3) is 0.936. The number of carbonyl (C=O) groups excluding carboxylic acids is 3. The molecule has 0 aromatic carbocycles. The smallest absolute Gasteiger partial charge is 0.306 e. The van der Waals surface area contributed by atoms with E-state index in [-0.39, 0.29) is 31.1 Å². The summed E-state index contributed by atoms with van der Waals surface area (Å²) in [6.07, 6.45) is 41.1. The lowest BCUT2D eigenvalue weighted by Crippen LogP contribution is -2.30. The highest BCUT2D eigenvalue weighted by molar-refractivity contribution is 5.71. The van der Waals surface area contributed by atoms with E-state index in [4.69, 9.17) is 14.2 Å². The van der Waals surface area contributed by atoms with Gasteiger partial charge >= 0.3 is 17.9 Å². The zero-order valence-corrected chi connectivity index (χ0v) is 36.0. The van der Waals surface area contributed by atoms with Crippen LogP contribution in [0, 0.1) is 5.92 Å². The minimum absolute atomic E-state index is 0.0645. The average molecular weight is 751 g/mol. The van der Waals surface area contributed by atoms with Crippen molar-refractivity contribution in [3.05, 3.63) is 0 Å². The Bertz CT molecular complexity index is 798. The van der Waals surface area contributed by atoms with Crippen LogP contribution in [0.4, 0.5) is 0 Å². The molecule has 0 radical (unpaired) electrons. The van der Waals surface area contributed by atoms with Crippen LogP contribution < -0.4 is 0 Å². The molecular weight excluding hydrogens is 661 g/mol. The lowest BCUT2D eigenvalue weighted by Gasteiger charge is -2.18. The van der Waals surface area contributed by atoms with Crippen molar-refractivity contribution in [1.82, 2.24) is 0 Å². The third-order valence-electron chi connectivity index (χ3n) is 10.9. The molecule has 0 saturated carbocycles. The molecule has 2 atom stereocenters. The minimum atomic E-state index is -0.757. The fourth-order valence-corrected chi connectivity index (χ4v) is 6.95. The topological polar surface area (TPSA) is 78.9 Å². The van der Waals surface area contributed by atoms with Gasteiger partial charge in [0.25, 0.3) is 0 Å². The van der Waals surface area contributed by atoms with Crippen LogP contribution in [0.5, 0.6) is 0 Å². The molecule has 0 heterocycles. The van der Waals surface area contributed by atoms with Gasteiger partial charge in [0.2, 0.25) is 0 Å². The lowest BCUT2D eigenvalue weighted by atomic mass is 9.99. The fourth-order valence-electron chi connectivity index (χ4n) is 6.95. The van der Waals surface area contributed by atoms with Crippen molar-refractivity contribution in [3.8, 4) is 0 Å². The molecule has 0 aliphatic carbocycles. The monoisotopic (exact) mass is 751 g/mol. The van der Waals surface area contributed by atoms with Crippen molar-refractivity contribution >= 4 is 17.9 Å². The van der Waals surface area contributed by atoms with Gasteiger partial charge in [-0.3, -0.25) is 14.4 Å². The highest BCUT2D eigenvalue weighted by atomic mass is 16.6. The molecule has 6 nitrogen and oxygen atoms in total. The summed E-state index contributed by atoms with van der Waals surface area (Å²) in [5.74, 6) is 0.0283. The standard InChI is InChI=1S/C47H90O6/c1-5-8-10-12-13-14-15-21-24-27-31-35-39-46(49)52-42-44(41-51-45(48)38-34-29-11-9-6-2)53-47(50)40-36-32-28-25-22-19-17-16-18-20-23-26-30-33-37-43(4)7-3/h43-44H,5-42H2,1-4H3/t43?,44-/m1/s1. The zero-order chi connectivity index (χ0) is 38.9. The van der Waals surface area contributed by atoms with Crippen molar-refractivity contribution in [3.63, 3.8) is 0 Å². The summed E-state index contributed by atoms with van der Waals surface area (Å²) in [5, 5.41) is 0. The number of ether oxygens (including phenoxy) is 3. The Hall–Kier alpha value is -1.59. The maximum atomic E-state index is 12.7. The Labute approximate surface area is 329 Å². The molecule has 0 fully saturated rings. The molecule has 1 unspecified atom stereocenters. The molecule has 53 heavy (non-hydrogen) atoms. The van der Waals surface area contributed by atoms with Gasteiger partial charge in [0.05, 0.1) is 0 Å². The first-order valence-electron chi connectivity index (χ1n) is 23.4. The first-order valence-corrected chi connectivity index (χ1v) is 23.4. The SMILES string of the molecule is CCCCCCCCCCCCCCC(=O)OC[C@@H](COC(=O)CCCCCCC)OC(=O)CCCCCCCCCCCCCCCCC(C)CC. The first-order chi connectivity index (χ1) is 25.9. The average Bonchev–Trinajstić information content (AvgIpc) is 3.15. The minimum Gasteiger partial charge on any atom is -0.462 e. The summed E-state index contributed by atoms with van der Waals surface area (Å²) in [6, 6.07) is 0. The summed E-state index contributed by atoms with van der Waals surface area (Å²) in [7, 11) is 0. The van der Waals surface area contributed by atoms with Crippen LogP contribution in [-0.2, 0) is 28.6 Å². The Morgan fingerprint density at radius 1 is 0.377 bits per heavy atom. The molecule has 6 heteroatoms. The van der Waals surface area contributed by atoms with Crippen LogP contribution in [0.25, 0.3) is 0 Å². The van der Waals surface area contributed by atoms with Gasteiger partial charge in [0, 0.05) is 19.3 Å². The van der Waals surface area contributed by atoms with Crippen LogP contribution in [0.1, 0.15) is 259 Å². The third-order valence-corrected chi connectivity index (χ3v) is 10.9. The molecule has 0 amide bonds. The molecule has 314 valence electrons. The summed E-state index contributed by atoms with van der Waals surface area (Å²) in [6.45, 7) is 8.96. The van der Waals surface area contributed by atoms with Gasteiger partial charge in [0.1, 0.15) is 13.2 Å². The number of esters is 3. The maximum absolute atomic E-state index is 12.7. The highest BCUT2D eigenvalue weighted by Crippen LogP contribution is 2.17. The van der Waals surface area contributed by atoms with Gasteiger partial charge in [-0.1, -0.05) is 220 Å². The van der Waals surface area contributed by atoms with Gasteiger partial charge in [0.15, 0.2) is 6.10 Å². The largest absolute Gasteiger partial charge is 0.462 e. The van der Waals surface area contributed by atoms with Gasteiger partial charge in [-0.2, -0.15) is 0 Å². The van der Waals surface area contributed by atoms with E-state index < -0.39 is 6.10 Å². The van der Waals surface area contributed by atoms with Crippen molar-refractivity contribution in [2.24, 2.45) is 5.92 Å². The Kier molecular flexibility index (Phi) is 40.3. The number of unbranched alkanes of at least 4 members (excludes halogenated alkanes) is 28. The molecule has 0 aliphatic rings. The number of hydrogen-bond acceptors (Lipinski definition) is 6. The van der Waals surface area contributed by atoms with Crippen LogP contribution in [0.15, 0.2) is 0 Å². The summed E-state index contributed by atoms with van der Waals surface area (Å²) >= 11 is 0. The van der Waals surface area contributed by atoms with E-state index in [9.17, 15) is 14.4 Å². The molecule has 0 saturated heterocycles. The van der Waals surface area contributed by atoms with Crippen molar-refractivity contribution < 1.29 is 28.6 Å². The number of carbonyl (C=O) groups is 3. The molecule has 0 aromatic heterocycles. The predicted molar refractivity (Wildman–Crippen MR) is 224 cm³/mol. The van der Waals surface area contributed by atoms with E-state index in [1.165, 1.54) is 148 Å². The molecule has 0 spiro atoms. The van der Waals surface area contributed by atoms with E-state index in [1.54, 1.807) is 0 Å². The third kappa shape index (κ3) is 39.9. The van der Waals surface area contributed by atoms with Crippen LogP contribution in [0.3, 0.4) is 0 Å². The summed E-state index contributed by atoms with van der Waals surface area (Å²) in [5.41, 5.74) is 0. The van der Waals surface area contributed by atoms with E-state index in [1.807, 2.05) is 0 Å². The number of rotatable bonds is 42. The molecule has 0 aliphatic heterocycles. The molecular formula is C47H90O6. The zero-order valence-electron chi connectivity index (χ0n) is 36.0. The predicted octanol–water partition coefficient (Wildman–Crippen LogP) is 14.7. The Morgan fingerprint density at radius 2 is 0.660 bits per heavy atom. The molecule has 0 rings (SSSR count). The second-order valence-electron chi connectivity index (χ2n) is 16.3. The molecule has 0 aromatic rings. The van der Waals surface area contributed by atoms with Crippen LogP contribution in [-0.4, -0.2) is 37.2 Å². The van der Waals surface area contributed by atoms with Gasteiger partial charge < -0.3 is 14.2 Å². The first kappa shape index (κ1) is 51.4. The maximum Gasteiger partial charge on any atom is 0.306 e. The van der Waals surface area contributed by atoms with Gasteiger partial charge in [-0.25, -0.2) is 0 Å². The Balaban J connectivity index is 4.15. The summed E-state index contributed by atoms with van der Waals surface area (Å²) in [4.78, 5) is 37.5. The van der Waals surface area contributed by atoms with Crippen molar-refractivity contribution in [2.75, 3.05) is 13.2 Å². The quantitative estimate of drug-likeness (QED) is 0.0351. The normalized spacial score (nSPS) is 12.5. The molecule has 0 bridgehead atoms. The van der Waals surface area contributed by atoms with Crippen molar-refractivity contribution in [2.45, 2.75) is 265 Å². The molecule has 0 N–H and O–H groups in total.